The van der Waals surface area contributed by atoms with E-state index < -0.39 is 0 Å². The number of halogens is 1. The van der Waals surface area contributed by atoms with Crippen LogP contribution in [0.2, 0.25) is 0 Å². The van der Waals surface area contributed by atoms with Crippen LogP contribution >= 0.6 is 24.0 Å². The molecule has 0 bridgehead atoms. The van der Waals surface area contributed by atoms with Crippen LogP contribution in [0.5, 0.6) is 0 Å². The van der Waals surface area contributed by atoms with Gasteiger partial charge in [0.15, 0.2) is 11.8 Å². The van der Waals surface area contributed by atoms with E-state index >= 15 is 0 Å². The van der Waals surface area contributed by atoms with Gasteiger partial charge in [-0.05, 0) is 18.9 Å². The average Bonchev–Trinajstić information content (AvgIpc) is 3.05. The lowest BCUT2D eigenvalue weighted by molar-refractivity contribution is 0.368. The van der Waals surface area contributed by atoms with Crippen molar-refractivity contribution in [1.82, 2.24) is 20.8 Å². The summed E-state index contributed by atoms with van der Waals surface area (Å²) in [6.07, 6.45) is 1.67. The number of hydrogen-bond acceptors (Lipinski definition) is 4. The van der Waals surface area contributed by atoms with Gasteiger partial charge in [-0.25, -0.2) is 0 Å². The Hall–Kier alpha value is -1.64. The first-order valence-electron chi connectivity index (χ1n) is 8.41. The van der Waals surface area contributed by atoms with Gasteiger partial charge in [-0.15, -0.1) is 24.0 Å². The molecule has 0 saturated heterocycles. The van der Waals surface area contributed by atoms with Crippen molar-refractivity contribution >= 4 is 29.9 Å². The maximum atomic E-state index is 5.24. The maximum Gasteiger partial charge on any atom is 0.226 e. The number of hydrogen-bond donors (Lipinski definition) is 2. The van der Waals surface area contributed by atoms with Gasteiger partial charge in [0.2, 0.25) is 5.89 Å². The fourth-order valence-electron chi connectivity index (χ4n) is 2.16. The number of aromatic nitrogens is 2. The number of rotatable bonds is 7. The molecule has 0 aliphatic heterocycles. The molecule has 0 amide bonds. The zero-order valence-corrected chi connectivity index (χ0v) is 17.7. The lowest BCUT2D eigenvalue weighted by atomic mass is 10.1. The van der Waals surface area contributed by atoms with E-state index in [0.717, 1.165) is 37.7 Å². The molecule has 0 radical (unpaired) electrons. The molecule has 6 nitrogen and oxygen atoms in total. The van der Waals surface area contributed by atoms with Crippen molar-refractivity contribution in [2.24, 2.45) is 4.99 Å². The molecule has 0 saturated carbocycles. The standard InChI is InChI=1S/C18H27N5O.HI/c1-13(2)17-22-16(24-23-17)6-5-11-20-18(19-4)21-12-15-9-7-14(3)8-10-15;/h7-10,13H,5-6,11-12H2,1-4H3,(H2,19,20,21);1H. The van der Waals surface area contributed by atoms with Crippen molar-refractivity contribution in [2.75, 3.05) is 13.6 Å². The largest absolute Gasteiger partial charge is 0.356 e. The molecule has 0 unspecified atom stereocenters. The molecule has 0 aliphatic rings. The van der Waals surface area contributed by atoms with Crippen molar-refractivity contribution in [3.05, 3.63) is 47.1 Å². The first-order chi connectivity index (χ1) is 11.6. The molecule has 0 atom stereocenters. The molecule has 1 heterocycles. The SMILES string of the molecule is CN=C(NCCCc1nc(C(C)C)no1)NCc1ccc(C)cc1.I. The van der Waals surface area contributed by atoms with Crippen LogP contribution in [0.3, 0.4) is 0 Å². The van der Waals surface area contributed by atoms with E-state index in [0.29, 0.717) is 11.8 Å². The Morgan fingerprint density at radius 1 is 1.20 bits per heavy atom. The molecule has 1 aromatic heterocycles. The minimum absolute atomic E-state index is 0. The number of aryl methyl sites for hydroxylation is 2. The van der Waals surface area contributed by atoms with Crippen molar-refractivity contribution in [2.45, 2.75) is 46.1 Å². The summed E-state index contributed by atoms with van der Waals surface area (Å²) in [5.41, 5.74) is 2.50. The van der Waals surface area contributed by atoms with Crippen molar-refractivity contribution in [3.8, 4) is 0 Å². The van der Waals surface area contributed by atoms with E-state index in [9.17, 15) is 0 Å². The number of nitrogens with one attached hydrogen (secondary N) is 2. The molecule has 7 heteroatoms. The Morgan fingerprint density at radius 3 is 2.52 bits per heavy atom. The Kier molecular flexibility index (Phi) is 9.48. The van der Waals surface area contributed by atoms with Crippen molar-refractivity contribution in [3.63, 3.8) is 0 Å². The fourth-order valence-corrected chi connectivity index (χ4v) is 2.16. The van der Waals surface area contributed by atoms with E-state index in [4.69, 9.17) is 4.52 Å². The Balaban J connectivity index is 0.00000312. The highest BCUT2D eigenvalue weighted by molar-refractivity contribution is 14.0. The van der Waals surface area contributed by atoms with E-state index in [1.165, 1.54) is 11.1 Å². The monoisotopic (exact) mass is 457 g/mol. The second kappa shape index (κ2) is 11.1. The van der Waals surface area contributed by atoms with Gasteiger partial charge in [0.25, 0.3) is 0 Å². The minimum atomic E-state index is 0. The second-order valence-electron chi connectivity index (χ2n) is 6.14. The molecule has 0 spiro atoms. The third kappa shape index (κ3) is 7.41. The Bertz CT molecular complexity index is 652. The Morgan fingerprint density at radius 2 is 1.92 bits per heavy atom. The van der Waals surface area contributed by atoms with Gasteiger partial charge < -0.3 is 15.2 Å². The normalized spacial score (nSPS) is 11.3. The van der Waals surface area contributed by atoms with Crippen molar-refractivity contribution < 1.29 is 4.52 Å². The molecule has 0 fully saturated rings. The van der Waals surface area contributed by atoms with E-state index in [1.54, 1.807) is 7.05 Å². The molecule has 25 heavy (non-hydrogen) atoms. The summed E-state index contributed by atoms with van der Waals surface area (Å²) >= 11 is 0. The first-order valence-corrected chi connectivity index (χ1v) is 8.41. The summed E-state index contributed by atoms with van der Waals surface area (Å²) in [4.78, 5) is 8.61. The first kappa shape index (κ1) is 21.4. The summed E-state index contributed by atoms with van der Waals surface area (Å²) in [6.45, 7) is 7.75. The Labute approximate surface area is 166 Å². The van der Waals surface area contributed by atoms with E-state index in [1.807, 2.05) is 0 Å². The van der Waals surface area contributed by atoms with Crippen LogP contribution in [0.25, 0.3) is 0 Å². The summed E-state index contributed by atoms with van der Waals surface area (Å²) < 4.78 is 5.24. The summed E-state index contributed by atoms with van der Waals surface area (Å²) in [5, 5.41) is 10.6. The molecular formula is C18H28IN5O. The van der Waals surface area contributed by atoms with Gasteiger partial charge in [0, 0.05) is 32.5 Å². The van der Waals surface area contributed by atoms with Gasteiger partial charge in [-0.2, -0.15) is 4.98 Å². The van der Waals surface area contributed by atoms with E-state index in [-0.39, 0.29) is 24.0 Å². The quantitative estimate of drug-likeness (QED) is 0.289. The number of guanidine groups is 1. The molecule has 2 N–H and O–H groups in total. The molecule has 2 rings (SSSR count). The average molecular weight is 457 g/mol. The smallest absolute Gasteiger partial charge is 0.226 e. The van der Waals surface area contributed by atoms with Gasteiger partial charge in [-0.3, -0.25) is 4.99 Å². The van der Waals surface area contributed by atoms with Gasteiger partial charge in [0.05, 0.1) is 0 Å². The molecular weight excluding hydrogens is 429 g/mol. The predicted molar refractivity (Wildman–Crippen MR) is 112 cm³/mol. The zero-order valence-electron chi connectivity index (χ0n) is 15.4. The van der Waals surface area contributed by atoms with Crippen LogP contribution in [0.4, 0.5) is 0 Å². The fraction of sp³-hybridized carbons (Fsp3) is 0.500. The van der Waals surface area contributed by atoms with Gasteiger partial charge in [-0.1, -0.05) is 48.8 Å². The molecule has 138 valence electrons. The predicted octanol–water partition coefficient (Wildman–Crippen LogP) is 3.42. The number of benzene rings is 1. The topological polar surface area (TPSA) is 75.3 Å². The van der Waals surface area contributed by atoms with Crippen LogP contribution < -0.4 is 10.6 Å². The summed E-state index contributed by atoms with van der Waals surface area (Å²) in [7, 11) is 1.78. The second-order valence-corrected chi connectivity index (χ2v) is 6.14. The molecule has 0 aliphatic carbocycles. The highest BCUT2D eigenvalue weighted by Crippen LogP contribution is 2.10. The highest BCUT2D eigenvalue weighted by atomic mass is 127. The van der Waals surface area contributed by atoms with Crippen molar-refractivity contribution in [1.29, 1.82) is 0 Å². The van der Waals surface area contributed by atoms with Crippen LogP contribution in [0, 0.1) is 6.92 Å². The number of nitrogens with zero attached hydrogens (tertiary/aromatic N) is 3. The molecule has 2 aromatic rings. The van der Waals surface area contributed by atoms with Crippen LogP contribution in [-0.4, -0.2) is 29.7 Å². The van der Waals surface area contributed by atoms with Crippen LogP contribution in [0.1, 0.15) is 49.0 Å². The maximum absolute atomic E-state index is 5.24. The van der Waals surface area contributed by atoms with E-state index in [2.05, 4.69) is 70.8 Å². The molecule has 1 aromatic carbocycles. The van der Waals surface area contributed by atoms with Crippen LogP contribution in [0.15, 0.2) is 33.8 Å². The third-order valence-electron chi connectivity index (χ3n) is 3.66. The lowest BCUT2D eigenvalue weighted by Crippen LogP contribution is -2.37. The third-order valence-corrected chi connectivity index (χ3v) is 3.66. The number of aliphatic imine (C=N–C) groups is 1. The van der Waals surface area contributed by atoms with Crippen LogP contribution in [-0.2, 0) is 13.0 Å². The highest BCUT2D eigenvalue weighted by Gasteiger charge is 2.09. The zero-order chi connectivity index (χ0) is 17.4. The summed E-state index contributed by atoms with van der Waals surface area (Å²) in [6, 6.07) is 8.47. The lowest BCUT2D eigenvalue weighted by Gasteiger charge is -2.11. The summed E-state index contributed by atoms with van der Waals surface area (Å²) in [5.74, 6) is 2.56. The minimum Gasteiger partial charge on any atom is -0.356 e. The van der Waals surface area contributed by atoms with Gasteiger partial charge in [0.1, 0.15) is 0 Å². The van der Waals surface area contributed by atoms with Gasteiger partial charge >= 0.3 is 0 Å².